The van der Waals surface area contributed by atoms with Gasteiger partial charge in [0.2, 0.25) is 0 Å². The number of anilines is 1. The van der Waals surface area contributed by atoms with Gasteiger partial charge in [-0.2, -0.15) is 0 Å². The largest absolute Gasteiger partial charge is 0.320 e. The van der Waals surface area contributed by atoms with Gasteiger partial charge in [-0.3, -0.25) is 0 Å². The highest BCUT2D eigenvalue weighted by atomic mass is 16.1. The Hall–Kier alpha value is -1.35. The summed E-state index contributed by atoms with van der Waals surface area (Å²) < 4.78 is 0. The fraction of sp³-hybridized carbons (Fsp3) is 0.125. The molecule has 1 aromatic rings. The maximum Gasteiger partial charge on any atom is 0.143 e. The van der Waals surface area contributed by atoms with Crippen LogP contribution >= 0.6 is 0 Å². The Kier molecular flexibility index (Phi) is 1.36. The van der Waals surface area contributed by atoms with Crippen LogP contribution in [0, 0.1) is 0 Å². The number of nitrogens with one attached hydrogen (secondary N) is 2. The molecule has 3 nitrogen and oxygen atoms in total. The van der Waals surface area contributed by atoms with Gasteiger partial charge in [0.15, 0.2) is 0 Å². The van der Waals surface area contributed by atoms with Crippen LogP contribution in [0.15, 0.2) is 24.3 Å². The standard InChI is InChI=1S/C8H8N2O/c11-5-8-6-3-1-2-4-7(6)9-10-8/h1-5,8-10H. The third-order valence-electron chi connectivity index (χ3n) is 1.79. The van der Waals surface area contributed by atoms with Crippen LogP contribution in [0.25, 0.3) is 0 Å². The number of carbonyl (C=O) groups excluding carboxylic acids is 1. The summed E-state index contributed by atoms with van der Waals surface area (Å²) >= 11 is 0. The van der Waals surface area contributed by atoms with Crippen LogP contribution in [0.3, 0.4) is 0 Å². The van der Waals surface area contributed by atoms with Crippen molar-refractivity contribution in [1.29, 1.82) is 0 Å². The van der Waals surface area contributed by atoms with Gasteiger partial charge in [0.05, 0.1) is 5.69 Å². The van der Waals surface area contributed by atoms with Crippen LogP contribution in [0.4, 0.5) is 5.69 Å². The molecule has 0 saturated heterocycles. The van der Waals surface area contributed by atoms with Crippen LogP contribution < -0.4 is 10.9 Å². The van der Waals surface area contributed by atoms with Crippen molar-refractivity contribution in [3.05, 3.63) is 29.8 Å². The quantitative estimate of drug-likeness (QED) is 0.580. The minimum atomic E-state index is -0.189. The fourth-order valence-corrected chi connectivity index (χ4v) is 1.22. The fourth-order valence-electron chi connectivity index (χ4n) is 1.22. The summed E-state index contributed by atoms with van der Waals surface area (Å²) in [5, 5.41) is 0. The number of carbonyl (C=O) groups is 1. The van der Waals surface area contributed by atoms with Gasteiger partial charge in [0, 0.05) is 5.56 Å². The number of fused-ring (bicyclic) bond motifs is 1. The minimum absolute atomic E-state index is 0.189. The summed E-state index contributed by atoms with van der Waals surface area (Å²) in [5.74, 6) is 0. The van der Waals surface area contributed by atoms with Crippen molar-refractivity contribution in [3.63, 3.8) is 0 Å². The molecule has 0 saturated carbocycles. The van der Waals surface area contributed by atoms with E-state index in [1.807, 2.05) is 24.3 Å². The molecule has 0 aromatic heterocycles. The lowest BCUT2D eigenvalue weighted by Gasteiger charge is -1.98. The van der Waals surface area contributed by atoms with Crippen molar-refractivity contribution in [3.8, 4) is 0 Å². The van der Waals surface area contributed by atoms with E-state index in [0.717, 1.165) is 17.5 Å². The molecule has 1 aromatic carbocycles. The Morgan fingerprint density at radius 2 is 2.18 bits per heavy atom. The van der Waals surface area contributed by atoms with Gasteiger partial charge in [0.25, 0.3) is 0 Å². The van der Waals surface area contributed by atoms with Gasteiger partial charge < -0.3 is 10.2 Å². The predicted octanol–water partition coefficient (Wildman–Crippen LogP) is 0.857. The summed E-state index contributed by atoms with van der Waals surface area (Å²) in [6, 6.07) is 7.53. The topological polar surface area (TPSA) is 41.1 Å². The zero-order chi connectivity index (χ0) is 7.68. The molecule has 1 aliphatic rings. The molecule has 1 aliphatic heterocycles. The first-order chi connectivity index (χ1) is 5.42. The molecule has 0 aliphatic carbocycles. The van der Waals surface area contributed by atoms with E-state index < -0.39 is 0 Å². The molecule has 3 heteroatoms. The molecular formula is C8H8N2O. The zero-order valence-electron chi connectivity index (χ0n) is 5.87. The number of para-hydroxylation sites is 1. The first-order valence-electron chi connectivity index (χ1n) is 3.47. The molecular weight excluding hydrogens is 140 g/mol. The van der Waals surface area contributed by atoms with Gasteiger partial charge in [-0.15, -0.1) is 0 Å². The summed E-state index contributed by atoms with van der Waals surface area (Å²) in [7, 11) is 0. The monoisotopic (exact) mass is 148 g/mol. The second kappa shape index (κ2) is 2.36. The normalized spacial score (nSPS) is 20.5. The van der Waals surface area contributed by atoms with E-state index in [0.29, 0.717) is 0 Å². The van der Waals surface area contributed by atoms with E-state index >= 15 is 0 Å². The molecule has 0 bridgehead atoms. The second-order valence-electron chi connectivity index (χ2n) is 2.47. The smallest absolute Gasteiger partial charge is 0.143 e. The number of benzene rings is 1. The van der Waals surface area contributed by atoms with Crippen LogP contribution in [-0.2, 0) is 4.79 Å². The molecule has 0 radical (unpaired) electrons. The number of hydrazine groups is 1. The Bertz CT molecular complexity index is 285. The van der Waals surface area contributed by atoms with E-state index in [4.69, 9.17) is 0 Å². The highest BCUT2D eigenvalue weighted by Gasteiger charge is 2.19. The molecule has 56 valence electrons. The number of rotatable bonds is 1. The Balaban J connectivity index is 2.46. The molecule has 1 unspecified atom stereocenters. The summed E-state index contributed by atoms with van der Waals surface area (Å²) in [5.41, 5.74) is 7.78. The van der Waals surface area contributed by atoms with Crippen molar-refractivity contribution >= 4 is 12.0 Å². The highest BCUT2D eigenvalue weighted by Crippen LogP contribution is 2.25. The molecule has 2 N–H and O–H groups in total. The van der Waals surface area contributed by atoms with E-state index in [2.05, 4.69) is 10.9 Å². The molecule has 2 rings (SSSR count). The lowest BCUT2D eigenvalue weighted by Crippen LogP contribution is -2.19. The molecule has 1 heterocycles. The predicted molar refractivity (Wildman–Crippen MR) is 42.0 cm³/mol. The first kappa shape index (κ1) is 6.37. The third-order valence-corrected chi connectivity index (χ3v) is 1.79. The number of hydrogen-bond donors (Lipinski definition) is 2. The van der Waals surface area contributed by atoms with Crippen LogP contribution in [0.2, 0.25) is 0 Å². The van der Waals surface area contributed by atoms with Crippen molar-refractivity contribution in [1.82, 2.24) is 5.43 Å². The Morgan fingerprint density at radius 1 is 1.36 bits per heavy atom. The SMILES string of the molecule is O=CC1NNc2ccccc21. The van der Waals surface area contributed by atoms with Crippen LogP contribution in [-0.4, -0.2) is 6.29 Å². The zero-order valence-corrected chi connectivity index (χ0v) is 5.87. The number of aldehydes is 1. The summed E-state index contributed by atoms with van der Waals surface area (Å²) in [6.45, 7) is 0. The van der Waals surface area contributed by atoms with Crippen molar-refractivity contribution in [2.24, 2.45) is 0 Å². The van der Waals surface area contributed by atoms with Crippen molar-refractivity contribution < 1.29 is 4.79 Å². The minimum Gasteiger partial charge on any atom is -0.320 e. The third kappa shape index (κ3) is 0.897. The lowest BCUT2D eigenvalue weighted by atomic mass is 10.1. The van der Waals surface area contributed by atoms with E-state index in [1.54, 1.807) is 0 Å². The maximum atomic E-state index is 10.5. The summed E-state index contributed by atoms with van der Waals surface area (Å²) in [4.78, 5) is 10.5. The molecule has 0 amide bonds. The lowest BCUT2D eigenvalue weighted by molar-refractivity contribution is -0.109. The van der Waals surface area contributed by atoms with E-state index in [9.17, 15) is 4.79 Å². The van der Waals surface area contributed by atoms with Crippen LogP contribution in [0.1, 0.15) is 11.6 Å². The average molecular weight is 148 g/mol. The molecule has 0 fully saturated rings. The summed E-state index contributed by atoms with van der Waals surface area (Å²) in [6.07, 6.45) is 0.888. The first-order valence-corrected chi connectivity index (χ1v) is 3.47. The number of hydrogen-bond acceptors (Lipinski definition) is 3. The maximum absolute atomic E-state index is 10.5. The Morgan fingerprint density at radius 3 is 3.00 bits per heavy atom. The van der Waals surface area contributed by atoms with E-state index in [1.165, 1.54) is 0 Å². The Labute approximate surface area is 64.4 Å². The average Bonchev–Trinajstić information content (AvgIpc) is 2.47. The van der Waals surface area contributed by atoms with Gasteiger partial charge >= 0.3 is 0 Å². The van der Waals surface area contributed by atoms with Crippen LogP contribution in [0.5, 0.6) is 0 Å². The molecule has 1 atom stereocenters. The molecule has 11 heavy (non-hydrogen) atoms. The van der Waals surface area contributed by atoms with E-state index in [-0.39, 0.29) is 6.04 Å². The molecule has 0 spiro atoms. The van der Waals surface area contributed by atoms with Crippen molar-refractivity contribution in [2.75, 3.05) is 5.43 Å². The highest BCUT2D eigenvalue weighted by molar-refractivity contribution is 5.71. The van der Waals surface area contributed by atoms with Gasteiger partial charge in [-0.25, -0.2) is 5.43 Å². The van der Waals surface area contributed by atoms with Gasteiger partial charge in [0.1, 0.15) is 12.3 Å². The van der Waals surface area contributed by atoms with Crippen molar-refractivity contribution in [2.45, 2.75) is 6.04 Å². The van der Waals surface area contributed by atoms with Gasteiger partial charge in [-0.05, 0) is 6.07 Å². The van der Waals surface area contributed by atoms with Gasteiger partial charge in [-0.1, -0.05) is 18.2 Å². The second-order valence-corrected chi connectivity index (χ2v) is 2.47.